The molecule has 510 valence electrons. The van der Waals surface area contributed by atoms with Crippen molar-refractivity contribution in [2.75, 3.05) is 54.2 Å². The molecule has 0 bridgehead atoms. The summed E-state index contributed by atoms with van der Waals surface area (Å²) in [6.45, 7) is -1.35. The van der Waals surface area contributed by atoms with Gasteiger partial charge in [-0.2, -0.15) is 145 Å². The quantitative estimate of drug-likeness (QED) is 0.0312. The summed E-state index contributed by atoms with van der Waals surface area (Å²) in [5.74, 6) is -87.0. The number of ketones is 1. The second-order valence-electron chi connectivity index (χ2n) is 15.6. The predicted octanol–water partition coefficient (Wildman–Crippen LogP) is 9.50. The maximum atomic E-state index is 13.1. The fraction of sp³-hybridized carbons (Fsp3) is 0.865. The lowest BCUT2D eigenvalue weighted by molar-refractivity contribution is -0.422. The van der Waals surface area contributed by atoms with Gasteiger partial charge in [-0.3, -0.25) is 19.7 Å². The van der Waals surface area contributed by atoms with Crippen LogP contribution in [0.3, 0.4) is 0 Å². The molecule has 0 aromatic heterocycles. The largest absolute Gasteiger partial charge is 0.481 e. The summed E-state index contributed by atoms with van der Waals surface area (Å²) in [7, 11) is 3.61. The molecule has 2 amide bonds. The highest BCUT2D eigenvalue weighted by atomic mass is 19.5. The highest BCUT2D eigenvalue weighted by molar-refractivity contribution is 6.01. The van der Waals surface area contributed by atoms with E-state index in [0.29, 0.717) is 18.1 Å². The van der Waals surface area contributed by atoms with Crippen molar-refractivity contribution >= 4 is 29.5 Å². The van der Waals surface area contributed by atoms with Crippen LogP contribution in [0.5, 0.6) is 0 Å². The molecule has 2 aliphatic rings. The number of aliphatic hydroxyl groups excluding tert-OH is 2. The van der Waals surface area contributed by atoms with Gasteiger partial charge in [-0.05, 0) is 6.92 Å². The lowest BCUT2D eigenvalue weighted by Gasteiger charge is -2.37. The molecule has 2 heterocycles. The molecule has 2 atom stereocenters. The maximum absolute atomic E-state index is 13.1. The number of hydroxylamine groups is 2. The van der Waals surface area contributed by atoms with Crippen LogP contribution in [0.1, 0.15) is 46.5 Å². The van der Waals surface area contributed by atoms with E-state index in [4.69, 9.17) is 29.6 Å². The highest BCUT2D eigenvalue weighted by Crippen LogP contribution is 2.60. The van der Waals surface area contributed by atoms with Crippen molar-refractivity contribution < 1.29 is 203 Å². The molecule has 2 saturated heterocycles. The van der Waals surface area contributed by atoms with E-state index in [-0.39, 0.29) is 12.8 Å². The minimum Gasteiger partial charge on any atom is -0.481 e. The first-order valence-corrected chi connectivity index (χ1v) is 20.8. The van der Waals surface area contributed by atoms with E-state index in [1.54, 1.807) is 7.11 Å². The zero-order valence-electron chi connectivity index (χ0n) is 42.5. The van der Waals surface area contributed by atoms with E-state index in [0.717, 1.165) is 46.6 Å². The Morgan fingerprint density at radius 3 is 1.07 bits per heavy atom. The first kappa shape index (κ1) is 88.9. The van der Waals surface area contributed by atoms with Crippen molar-refractivity contribution in [3.05, 3.63) is 0 Å². The van der Waals surface area contributed by atoms with E-state index in [1.807, 2.05) is 0 Å². The number of nitrogens with zero attached hydrogens (tertiary/aromatic N) is 1. The van der Waals surface area contributed by atoms with Crippen LogP contribution in [0.4, 0.5) is 145 Å². The van der Waals surface area contributed by atoms with Gasteiger partial charge in [0.1, 0.15) is 18.1 Å². The number of methoxy groups -OCH3 is 2. The van der Waals surface area contributed by atoms with Gasteiger partial charge >= 0.3 is 95.6 Å². The van der Waals surface area contributed by atoms with Gasteiger partial charge in [-0.15, -0.1) is 5.06 Å². The Morgan fingerprint density at radius 1 is 0.553 bits per heavy atom. The van der Waals surface area contributed by atoms with Crippen LogP contribution in [0.15, 0.2) is 0 Å². The number of Topliss-reactive ketones (excluding diaryl/α,β-unsaturated/α-hetero) is 1. The summed E-state index contributed by atoms with van der Waals surface area (Å²) in [6, 6.07) is 0. The first-order chi connectivity index (χ1) is 37.2. The van der Waals surface area contributed by atoms with E-state index < -0.39 is 158 Å². The number of nitrogens with two attached hydrogens (primary N) is 1. The van der Waals surface area contributed by atoms with Gasteiger partial charge in [0.25, 0.3) is 17.8 Å². The number of nitrogens with one attached hydrogen (secondary N) is 1. The second-order valence-corrected chi connectivity index (χ2v) is 15.6. The topological polar surface area (TPSA) is 228 Å². The van der Waals surface area contributed by atoms with Gasteiger partial charge in [-0.1, -0.05) is 0 Å². The summed E-state index contributed by atoms with van der Waals surface area (Å²) < 4.78 is 422. The van der Waals surface area contributed by atoms with Crippen molar-refractivity contribution in [3.63, 3.8) is 0 Å². The number of hydrogen-bond acceptors (Lipinski definition) is 13. The molecule has 2 rings (SSSR count). The maximum Gasteiger partial charge on any atom is 0.460 e. The van der Waals surface area contributed by atoms with Crippen LogP contribution in [-0.4, -0.2) is 206 Å². The van der Waals surface area contributed by atoms with Gasteiger partial charge in [-0.25, -0.2) is 4.79 Å². The normalized spacial score (nSPS) is 16.4. The number of hydrogen-bond donors (Lipinski definition) is 5. The standard InChI is InChI=1S/C9H10F11NO2.C9H7F11O.C6H4F11N.C6H7NO4.C4H8O2.C2H4O2.CH4O/c1-23-2-4(22)21-3-5(10,11)6(12,13)7(14,15)8(16,17)9(18,19)20;1-4(21)2-3-5(10,11)6(12,13)7(14,15)8(16,17)9(18,19)20;7-2(8,1-18)3(9,10)4(11,12)5(13,14)6(15,16)17;1-4(8)11-7-5(9)2-3-6(7)10;1-5-2-4-3-6-4;1-2(3)4;1-2/h4,21-22H,2-3H2,1H3;2-3H2,1H3;1,18H2;2-3H2,1H3;4H,2-3H2,1H3;1H3,(H,3,4);2H,1H3. The number of carboxylic acids is 1. The number of amides is 2. The Bertz CT molecular complexity index is 2070. The van der Waals surface area contributed by atoms with Crippen molar-refractivity contribution in [3.8, 4) is 0 Å². The Labute approximate surface area is 452 Å². The molecule has 0 aromatic carbocycles. The molecule has 6 N–H and O–H groups in total. The Balaban J connectivity index is -0.000000319. The lowest BCUT2D eigenvalue weighted by Crippen LogP contribution is -2.68. The Hall–Kier alpha value is -4.84. The van der Waals surface area contributed by atoms with E-state index >= 15 is 0 Å². The number of rotatable bonds is 21. The number of carbonyl (C=O) groups excluding carboxylic acids is 4. The van der Waals surface area contributed by atoms with Crippen LogP contribution < -0.4 is 11.1 Å². The summed E-state index contributed by atoms with van der Waals surface area (Å²) >= 11 is 0. The monoisotopic (exact) mass is 1350 g/mol. The molecule has 85 heavy (non-hydrogen) atoms. The third-order valence-corrected chi connectivity index (χ3v) is 8.72. The number of aliphatic hydroxyl groups is 2. The smallest absolute Gasteiger partial charge is 0.460 e. The molecule has 0 aromatic rings. The van der Waals surface area contributed by atoms with Crippen molar-refractivity contribution in [1.82, 2.24) is 10.4 Å². The van der Waals surface area contributed by atoms with Gasteiger partial charge in [0, 0.05) is 60.9 Å². The number of alkyl halides is 33. The molecule has 15 nitrogen and oxygen atoms in total. The first-order valence-electron chi connectivity index (χ1n) is 20.8. The zero-order valence-corrected chi connectivity index (χ0v) is 42.5. The van der Waals surface area contributed by atoms with Gasteiger partial charge < -0.3 is 44.9 Å². The summed E-state index contributed by atoms with van der Waals surface area (Å²) in [4.78, 5) is 55.5. The average molecular weight is 1350 g/mol. The molecule has 48 heteroatoms. The number of aliphatic carboxylic acids is 1. The van der Waals surface area contributed by atoms with Gasteiger partial charge in [0.15, 0.2) is 0 Å². The highest BCUT2D eigenvalue weighted by Gasteiger charge is 2.89. The minimum atomic E-state index is -7.45. The van der Waals surface area contributed by atoms with Crippen LogP contribution >= 0.6 is 0 Å². The lowest BCUT2D eigenvalue weighted by atomic mass is 9.94. The zero-order chi connectivity index (χ0) is 70.0. The van der Waals surface area contributed by atoms with Crippen molar-refractivity contribution in [1.29, 1.82) is 0 Å². The number of carboxylic acid groups (broad SMARTS) is 1. The van der Waals surface area contributed by atoms with Crippen LogP contribution in [-0.2, 0) is 43.0 Å². The number of epoxide rings is 1. The Kier molecular flexibility index (Phi) is 33.4. The minimum absolute atomic E-state index is 0.131. The van der Waals surface area contributed by atoms with Crippen molar-refractivity contribution in [2.45, 2.75) is 148 Å². The Morgan fingerprint density at radius 2 is 0.847 bits per heavy atom. The van der Waals surface area contributed by atoms with Gasteiger partial charge in [0.05, 0.1) is 32.9 Å². The summed E-state index contributed by atoms with van der Waals surface area (Å²) in [6.07, 6.45) is -26.6. The third kappa shape index (κ3) is 22.7. The number of halogens is 33. The molecule has 2 aliphatic heterocycles. The molecule has 2 fully saturated rings. The molecular weight excluding hydrogens is 1310 g/mol. The predicted molar refractivity (Wildman–Crippen MR) is 208 cm³/mol. The van der Waals surface area contributed by atoms with Gasteiger partial charge in [0.2, 0.25) is 0 Å². The fourth-order valence-electron chi connectivity index (χ4n) is 4.14. The number of ether oxygens (including phenoxy) is 3. The number of carbonyl (C=O) groups is 5. The van der Waals surface area contributed by atoms with Crippen LogP contribution in [0.25, 0.3) is 0 Å². The SMILES string of the molecule is CC(=O)CCC(F)(F)C(F)(F)C(F)(F)C(F)(F)C(F)(F)F.CC(=O)O.CC(=O)ON1C(=O)CCC1=O.CO.COCC(O)NCC(F)(F)C(F)(F)C(F)(F)C(F)(F)C(F)(F)F.COCC1CO1.NCC(F)(F)C(F)(F)C(F)(F)C(F)(F)C(F)(F)F. The molecule has 0 aliphatic carbocycles. The summed E-state index contributed by atoms with van der Waals surface area (Å²) in [5, 5.41) is 24.9. The fourth-order valence-corrected chi connectivity index (χ4v) is 4.14. The van der Waals surface area contributed by atoms with Crippen LogP contribution in [0, 0.1) is 0 Å². The molecule has 0 radical (unpaired) electrons. The summed E-state index contributed by atoms with van der Waals surface area (Å²) in [5.41, 5.74) is 3.95. The van der Waals surface area contributed by atoms with E-state index in [9.17, 15) is 164 Å². The third-order valence-electron chi connectivity index (χ3n) is 8.72. The average Bonchev–Trinajstić information content (AvgIpc) is 4.09. The number of imide groups is 1. The molecular formula is C37H44F33N3O12. The molecule has 0 spiro atoms. The van der Waals surface area contributed by atoms with Crippen molar-refractivity contribution in [2.24, 2.45) is 5.73 Å². The van der Waals surface area contributed by atoms with E-state index in [2.05, 4.69) is 15.3 Å². The van der Waals surface area contributed by atoms with E-state index in [1.165, 1.54) is 0 Å². The second kappa shape index (κ2) is 31.9. The molecule has 2 unspecified atom stereocenters. The molecule has 0 saturated carbocycles. The van der Waals surface area contributed by atoms with Crippen LogP contribution in [0.2, 0.25) is 0 Å².